The Bertz CT molecular complexity index is 1990. The van der Waals surface area contributed by atoms with Gasteiger partial charge in [0.05, 0.1) is 26.4 Å². The lowest BCUT2D eigenvalue weighted by atomic mass is 9.99. The molecule has 0 aliphatic carbocycles. The molecule has 0 aromatic heterocycles. The molecular formula is C83H162O17P2. The maximum absolute atomic E-state index is 13.1. The second-order valence-electron chi connectivity index (χ2n) is 31.5. The van der Waals surface area contributed by atoms with E-state index in [0.717, 1.165) is 114 Å². The van der Waals surface area contributed by atoms with Crippen LogP contribution in [0, 0.1) is 23.7 Å². The van der Waals surface area contributed by atoms with Gasteiger partial charge in [-0.2, -0.15) is 0 Å². The predicted octanol–water partition coefficient (Wildman–Crippen LogP) is 24.8. The zero-order valence-corrected chi connectivity index (χ0v) is 69.0. The summed E-state index contributed by atoms with van der Waals surface area (Å²) < 4.78 is 68.7. The van der Waals surface area contributed by atoms with Crippen molar-refractivity contribution >= 4 is 39.5 Å². The van der Waals surface area contributed by atoms with Crippen LogP contribution in [-0.4, -0.2) is 96.7 Å². The monoisotopic (exact) mass is 1490 g/mol. The van der Waals surface area contributed by atoms with Crippen LogP contribution in [0.15, 0.2) is 0 Å². The summed E-state index contributed by atoms with van der Waals surface area (Å²) in [6.45, 7) is 14.3. The van der Waals surface area contributed by atoms with Gasteiger partial charge in [-0.25, -0.2) is 9.13 Å². The van der Waals surface area contributed by atoms with Gasteiger partial charge in [0.15, 0.2) is 12.2 Å². The molecule has 6 atom stereocenters. The van der Waals surface area contributed by atoms with Crippen molar-refractivity contribution in [2.45, 2.75) is 446 Å². The number of rotatable bonds is 80. The van der Waals surface area contributed by atoms with Crippen LogP contribution >= 0.6 is 15.6 Å². The fraction of sp³-hybridized carbons (Fsp3) is 0.952. The van der Waals surface area contributed by atoms with Crippen LogP contribution < -0.4 is 0 Å². The van der Waals surface area contributed by atoms with E-state index >= 15 is 0 Å². The highest BCUT2D eigenvalue weighted by Gasteiger charge is 2.30. The van der Waals surface area contributed by atoms with Crippen molar-refractivity contribution < 1.29 is 80.2 Å². The van der Waals surface area contributed by atoms with Gasteiger partial charge in [-0.3, -0.25) is 37.3 Å². The van der Waals surface area contributed by atoms with Gasteiger partial charge in [0.2, 0.25) is 0 Å². The van der Waals surface area contributed by atoms with Gasteiger partial charge < -0.3 is 33.8 Å². The zero-order chi connectivity index (χ0) is 75.3. The largest absolute Gasteiger partial charge is 0.472 e. The third-order valence-electron chi connectivity index (χ3n) is 19.7. The van der Waals surface area contributed by atoms with E-state index in [9.17, 15) is 43.2 Å². The van der Waals surface area contributed by atoms with E-state index in [1.807, 2.05) is 0 Å². The van der Waals surface area contributed by atoms with Crippen molar-refractivity contribution in [3.05, 3.63) is 0 Å². The SMILES string of the molecule is CCC(C)CCCCCCCCCCC(=O)OC[C@H](COP(=O)(O)OCC(O)COP(=O)(O)OC[C@@H](COC(=O)CCCCCCCCCC(C)C)OC(=O)CCCCCCCCCCCCCCCCCCCCC(C)C)OC(=O)CCCCCCCCCCCCCCCCCCC(C)C. The predicted molar refractivity (Wildman–Crippen MR) is 418 cm³/mol. The van der Waals surface area contributed by atoms with E-state index in [2.05, 4.69) is 55.4 Å². The van der Waals surface area contributed by atoms with E-state index in [1.165, 1.54) is 225 Å². The number of hydrogen-bond acceptors (Lipinski definition) is 15. The summed E-state index contributed by atoms with van der Waals surface area (Å²) in [5.41, 5.74) is 0. The summed E-state index contributed by atoms with van der Waals surface area (Å²) >= 11 is 0. The number of aliphatic hydroxyl groups is 1. The molecule has 0 fully saturated rings. The van der Waals surface area contributed by atoms with Crippen molar-refractivity contribution in [3.8, 4) is 0 Å². The second kappa shape index (κ2) is 72.0. The Hall–Kier alpha value is -1.94. The molecule has 0 aliphatic heterocycles. The molecule has 0 rings (SSSR count). The summed E-state index contributed by atoms with van der Waals surface area (Å²) in [4.78, 5) is 73.1. The molecule has 0 aliphatic rings. The summed E-state index contributed by atoms with van der Waals surface area (Å²) in [7, 11) is -9.92. The van der Waals surface area contributed by atoms with Gasteiger partial charge in [-0.1, -0.05) is 376 Å². The lowest BCUT2D eigenvalue weighted by Crippen LogP contribution is -2.30. The molecule has 0 aromatic rings. The summed E-state index contributed by atoms with van der Waals surface area (Å²) in [6.07, 6.45) is 59.8. The molecule has 606 valence electrons. The molecule has 3 N–H and O–H groups in total. The number of ether oxygens (including phenoxy) is 4. The van der Waals surface area contributed by atoms with Crippen molar-refractivity contribution in [3.63, 3.8) is 0 Å². The average molecular weight is 1490 g/mol. The van der Waals surface area contributed by atoms with Crippen molar-refractivity contribution in [1.82, 2.24) is 0 Å². The minimum absolute atomic E-state index is 0.107. The number of esters is 4. The van der Waals surface area contributed by atoms with Gasteiger partial charge in [0.1, 0.15) is 19.3 Å². The molecule has 4 unspecified atom stereocenters. The Balaban J connectivity index is 5.19. The first-order chi connectivity index (χ1) is 49.1. The van der Waals surface area contributed by atoms with E-state index in [4.69, 9.17) is 37.0 Å². The molecule has 0 saturated heterocycles. The third kappa shape index (κ3) is 74.9. The van der Waals surface area contributed by atoms with E-state index in [0.29, 0.717) is 31.6 Å². The average Bonchev–Trinajstić information content (AvgIpc) is 0.924. The Morgan fingerprint density at radius 1 is 0.275 bits per heavy atom. The molecule has 19 heteroatoms. The van der Waals surface area contributed by atoms with E-state index in [1.54, 1.807) is 0 Å². The van der Waals surface area contributed by atoms with E-state index < -0.39 is 97.5 Å². The van der Waals surface area contributed by atoms with Crippen LogP contribution in [0.2, 0.25) is 0 Å². The molecule has 0 radical (unpaired) electrons. The minimum atomic E-state index is -4.96. The number of aliphatic hydroxyl groups excluding tert-OH is 1. The molecule has 102 heavy (non-hydrogen) atoms. The maximum Gasteiger partial charge on any atom is 0.472 e. The zero-order valence-electron chi connectivity index (χ0n) is 67.2. The van der Waals surface area contributed by atoms with Crippen LogP contribution in [0.25, 0.3) is 0 Å². The van der Waals surface area contributed by atoms with E-state index in [-0.39, 0.29) is 25.7 Å². The Labute approximate surface area is 626 Å². The lowest BCUT2D eigenvalue weighted by molar-refractivity contribution is -0.161. The summed E-state index contributed by atoms with van der Waals surface area (Å²) in [5, 5.41) is 10.6. The van der Waals surface area contributed by atoms with Crippen LogP contribution in [0.5, 0.6) is 0 Å². The number of carbonyl (C=O) groups is 4. The third-order valence-corrected chi connectivity index (χ3v) is 21.6. The Morgan fingerprint density at radius 3 is 0.696 bits per heavy atom. The first kappa shape index (κ1) is 100. The molecule has 0 amide bonds. The fourth-order valence-corrected chi connectivity index (χ4v) is 14.3. The van der Waals surface area contributed by atoms with Crippen LogP contribution in [0.3, 0.4) is 0 Å². The second-order valence-corrected chi connectivity index (χ2v) is 34.4. The topological polar surface area (TPSA) is 237 Å². The fourth-order valence-electron chi connectivity index (χ4n) is 12.8. The number of phosphoric ester groups is 2. The molecule has 17 nitrogen and oxygen atoms in total. The van der Waals surface area contributed by atoms with Crippen molar-refractivity contribution in [1.29, 1.82) is 0 Å². The van der Waals surface area contributed by atoms with Crippen molar-refractivity contribution in [2.24, 2.45) is 23.7 Å². The Morgan fingerprint density at radius 2 is 0.471 bits per heavy atom. The number of phosphoric acid groups is 2. The molecule has 0 aromatic carbocycles. The van der Waals surface area contributed by atoms with Gasteiger partial charge in [-0.15, -0.1) is 0 Å². The minimum Gasteiger partial charge on any atom is -0.462 e. The lowest BCUT2D eigenvalue weighted by Gasteiger charge is -2.21. The first-order valence-corrected chi connectivity index (χ1v) is 45.7. The number of unbranched alkanes of at least 4 members (excludes halogenated alkanes) is 45. The molecular weight excluding hydrogens is 1330 g/mol. The van der Waals surface area contributed by atoms with Crippen LogP contribution in [0.4, 0.5) is 0 Å². The Kier molecular flexibility index (Phi) is 70.6. The van der Waals surface area contributed by atoms with Gasteiger partial charge in [-0.05, 0) is 49.4 Å². The van der Waals surface area contributed by atoms with Gasteiger partial charge in [0.25, 0.3) is 0 Å². The van der Waals surface area contributed by atoms with Crippen molar-refractivity contribution in [2.75, 3.05) is 39.6 Å². The quantitative estimate of drug-likeness (QED) is 0.0222. The summed E-state index contributed by atoms with van der Waals surface area (Å²) in [6, 6.07) is 0. The molecule has 0 spiro atoms. The highest BCUT2D eigenvalue weighted by Crippen LogP contribution is 2.45. The molecule has 0 saturated carbocycles. The first-order valence-electron chi connectivity index (χ1n) is 42.7. The number of hydrogen-bond donors (Lipinski definition) is 3. The standard InChI is InChI=1S/C83H162O17P2/c1-9-76(8)62-54-46-38-32-33-39-47-55-63-80(85)93-69-78(99-82(87)65-58-50-41-31-27-23-19-15-14-17-21-25-29-36-44-52-60-74(4)5)71-97-101(89,90)95-67-77(84)68-96-102(91,92)98-72-79(70-94-81(86)64-56-48-42-34-37-45-53-61-75(6)7)100-83(88)66-57-49-40-30-26-22-18-13-11-10-12-16-20-24-28-35-43-51-59-73(2)3/h73-79,84H,9-72H2,1-8H3,(H,89,90)(H,91,92)/t76?,77?,78-,79-/m1/s1. The van der Waals surface area contributed by atoms with Gasteiger partial charge >= 0.3 is 39.5 Å². The smallest absolute Gasteiger partial charge is 0.462 e. The maximum atomic E-state index is 13.1. The van der Waals surface area contributed by atoms with Crippen LogP contribution in [0.1, 0.15) is 428 Å². The van der Waals surface area contributed by atoms with Crippen LogP contribution in [-0.2, 0) is 65.4 Å². The molecule has 0 heterocycles. The highest BCUT2D eigenvalue weighted by molar-refractivity contribution is 7.47. The highest BCUT2D eigenvalue weighted by atomic mass is 31.2. The summed E-state index contributed by atoms with van der Waals surface area (Å²) in [5.74, 6) is 0.998. The van der Waals surface area contributed by atoms with Gasteiger partial charge in [0, 0.05) is 25.7 Å². The normalized spacial score (nSPS) is 14.3. The number of carbonyl (C=O) groups excluding carboxylic acids is 4. The molecule has 0 bridgehead atoms.